The molecule has 0 aromatic carbocycles. The van der Waals surface area contributed by atoms with Gasteiger partial charge in [0.2, 0.25) is 0 Å². The number of aliphatic hydroxyl groups excluding tert-OH is 1. The Kier molecular flexibility index (Phi) is 3.82. The molecule has 2 rings (SSSR count). The lowest BCUT2D eigenvalue weighted by molar-refractivity contribution is -0.142. The molecule has 0 aromatic heterocycles. The van der Waals surface area contributed by atoms with Crippen molar-refractivity contribution >= 4 is 5.97 Å². The Balaban J connectivity index is 1.89. The molecule has 16 heavy (non-hydrogen) atoms. The molecule has 1 heterocycles. The first-order chi connectivity index (χ1) is 7.76. The fourth-order valence-electron chi connectivity index (χ4n) is 2.78. The van der Waals surface area contributed by atoms with Gasteiger partial charge >= 0.3 is 5.97 Å². The first-order valence-electron chi connectivity index (χ1n) is 6.18. The third-order valence-electron chi connectivity index (χ3n) is 3.70. The van der Waals surface area contributed by atoms with Gasteiger partial charge in [-0.2, -0.15) is 0 Å². The Morgan fingerprint density at radius 3 is 3.06 bits per heavy atom. The lowest BCUT2D eigenvalue weighted by Crippen LogP contribution is -2.26. The van der Waals surface area contributed by atoms with Gasteiger partial charge in [-0.25, -0.2) is 0 Å². The average Bonchev–Trinajstić information content (AvgIpc) is 2.74. The average molecular weight is 228 g/mol. The highest BCUT2D eigenvalue weighted by atomic mass is 16.6. The van der Waals surface area contributed by atoms with Crippen LogP contribution in [0.2, 0.25) is 0 Å². The third-order valence-corrected chi connectivity index (χ3v) is 3.70. The van der Waals surface area contributed by atoms with Crippen LogP contribution in [-0.2, 0) is 14.3 Å². The van der Waals surface area contributed by atoms with E-state index in [0.717, 1.165) is 25.9 Å². The van der Waals surface area contributed by atoms with Crippen molar-refractivity contribution in [2.45, 2.75) is 44.8 Å². The quantitative estimate of drug-likeness (QED) is 0.566. The minimum absolute atomic E-state index is 0.0173. The molecule has 1 saturated carbocycles. The maximum absolute atomic E-state index is 11.1. The van der Waals surface area contributed by atoms with Crippen molar-refractivity contribution < 1.29 is 19.4 Å². The largest absolute Gasteiger partial charge is 0.462 e. The van der Waals surface area contributed by atoms with Crippen LogP contribution in [0.3, 0.4) is 0 Å². The van der Waals surface area contributed by atoms with Gasteiger partial charge in [0.1, 0.15) is 6.10 Å². The summed E-state index contributed by atoms with van der Waals surface area (Å²) in [6.45, 7) is 2.96. The van der Waals surface area contributed by atoms with Crippen molar-refractivity contribution in [2.75, 3.05) is 13.2 Å². The molecule has 4 heteroatoms. The lowest BCUT2D eigenvalue weighted by Gasteiger charge is -2.20. The molecule has 2 aliphatic rings. The summed E-state index contributed by atoms with van der Waals surface area (Å²) in [5.41, 5.74) is 0. The predicted molar refractivity (Wildman–Crippen MR) is 57.8 cm³/mol. The second kappa shape index (κ2) is 5.15. The normalized spacial score (nSPS) is 37.5. The molecule has 0 bridgehead atoms. The molecule has 0 spiro atoms. The molecule has 92 valence electrons. The first-order valence-corrected chi connectivity index (χ1v) is 6.18. The zero-order valence-corrected chi connectivity index (χ0v) is 9.72. The van der Waals surface area contributed by atoms with Gasteiger partial charge in [-0.3, -0.25) is 4.79 Å². The van der Waals surface area contributed by atoms with Crippen LogP contribution < -0.4 is 0 Å². The number of ether oxygens (including phenoxy) is 2. The van der Waals surface area contributed by atoms with Crippen LogP contribution in [0.5, 0.6) is 0 Å². The van der Waals surface area contributed by atoms with E-state index in [-0.39, 0.29) is 36.6 Å². The van der Waals surface area contributed by atoms with Gasteiger partial charge in [0.05, 0.1) is 12.5 Å². The molecular weight excluding hydrogens is 208 g/mol. The summed E-state index contributed by atoms with van der Waals surface area (Å²) in [5.74, 6) is 0.123. The lowest BCUT2D eigenvalue weighted by atomic mass is 9.93. The molecule has 4 nitrogen and oxygen atoms in total. The van der Waals surface area contributed by atoms with Gasteiger partial charge in [0, 0.05) is 31.5 Å². The summed E-state index contributed by atoms with van der Waals surface area (Å²) in [6.07, 6.45) is 3.41. The van der Waals surface area contributed by atoms with Crippen LogP contribution in [0.15, 0.2) is 0 Å². The topological polar surface area (TPSA) is 55.8 Å². The first kappa shape index (κ1) is 11.9. The van der Waals surface area contributed by atoms with Crippen molar-refractivity contribution in [1.82, 2.24) is 0 Å². The molecule has 1 saturated heterocycles. The van der Waals surface area contributed by atoms with Crippen LogP contribution in [-0.4, -0.2) is 36.5 Å². The van der Waals surface area contributed by atoms with Crippen LogP contribution in [0.25, 0.3) is 0 Å². The number of carbonyl (C=O) groups is 1. The number of esters is 1. The predicted octanol–water partition coefficient (Wildman–Crippen LogP) is 1.12. The highest BCUT2D eigenvalue weighted by molar-refractivity contribution is 5.72. The smallest absolute Gasteiger partial charge is 0.306 e. The number of fused-ring (bicyclic) bond motifs is 1. The Morgan fingerprint density at radius 2 is 2.38 bits per heavy atom. The summed E-state index contributed by atoms with van der Waals surface area (Å²) in [5, 5.41) is 9.38. The summed E-state index contributed by atoms with van der Waals surface area (Å²) >= 11 is 0. The second-order valence-corrected chi connectivity index (χ2v) is 4.74. The SMILES string of the molecule is CCCCO[C@@H]1C[C@@H]2OC(=O)C[C@@H]2[C@H]1CO. The molecule has 0 radical (unpaired) electrons. The van der Waals surface area contributed by atoms with E-state index in [4.69, 9.17) is 9.47 Å². The minimum atomic E-state index is -0.125. The van der Waals surface area contributed by atoms with E-state index in [2.05, 4.69) is 6.92 Å². The minimum Gasteiger partial charge on any atom is -0.462 e. The van der Waals surface area contributed by atoms with Crippen molar-refractivity contribution in [3.05, 3.63) is 0 Å². The Hall–Kier alpha value is -0.610. The number of carbonyl (C=O) groups excluding carboxylic acids is 1. The number of hydrogen-bond acceptors (Lipinski definition) is 4. The molecule has 1 N–H and O–H groups in total. The van der Waals surface area contributed by atoms with Crippen LogP contribution >= 0.6 is 0 Å². The molecule has 4 atom stereocenters. The van der Waals surface area contributed by atoms with Gasteiger partial charge in [-0.1, -0.05) is 13.3 Å². The maximum Gasteiger partial charge on any atom is 0.306 e. The third kappa shape index (κ3) is 2.23. The van der Waals surface area contributed by atoms with Crippen molar-refractivity contribution in [3.63, 3.8) is 0 Å². The van der Waals surface area contributed by atoms with E-state index < -0.39 is 0 Å². The fourth-order valence-corrected chi connectivity index (χ4v) is 2.78. The summed E-state index contributed by atoms with van der Waals surface area (Å²) in [4.78, 5) is 11.1. The Morgan fingerprint density at radius 1 is 1.56 bits per heavy atom. The van der Waals surface area contributed by atoms with E-state index in [9.17, 15) is 9.90 Å². The van der Waals surface area contributed by atoms with Gasteiger partial charge in [-0.15, -0.1) is 0 Å². The molecule has 1 aliphatic carbocycles. The molecular formula is C12H20O4. The Labute approximate surface area is 95.9 Å². The molecule has 0 amide bonds. The summed E-state index contributed by atoms with van der Waals surface area (Å²) in [7, 11) is 0. The molecule has 0 unspecified atom stereocenters. The van der Waals surface area contributed by atoms with Crippen LogP contribution in [0.4, 0.5) is 0 Å². The van der Waals surface area contributed by atoms with Crippen LogP contribution in [0.1, 0.15) is 32.6 Å². The number of aliphatic hydroxyl groups is 1. The van der Waals surface area contributed by atoms with Gasteiger partial charge in [0.25, 0.3) is 0 Å². The Bertz CT molecular complexity index is 253. The van der Waals surface area contributed by atoms with Gasteiger partial charge in [-0.05, 0) is 6.42 Å². The van der Waals surface area contributed by atoms with Gasteiger partial charge in [0.15, 0.2) is 0 Å². The zero-order chi connectivity index (χ0) is 11.5. The van der Waals surface area contributed by atoms with Crippen molar-refractivity contribution in [3.8, 4) is 0 Å². The van der Waals surface area contributed by atoms with E-state index in [1.165, 1.54) is 0 Å². The van der Waals surface area contributed by atoms with Crippen LogP contribution in [0, 0.1) is 11.8 Å². The number of unbranched alkanes of at least 4 members (excludes halogenated alkanes) is 1. The highest BCUT2D eigenvalue weighted by Crippen LogP contribution is 2.42. The monoisotopic (exact) mass is 228 g/mol. The van der Waals surface area contributed by atoms with Crippen molar-refractivity contribution in [1.29, 1.82) is 0 Å². The van der Waals surface area contributed by atoms with E-state index in [0.29, 0.717) is 6.42 Å². The van der Waals surface area contributed by atoms with Gasteiger partial charge < -0.3 is 14.6 Å². The molecule has 1 aliphatic heterocycles. The standard InChI is InChI=1S/C12H20O4/c1-2-3-4-15-10-6-11-8(9(10)7-13)5-12(14)16-11/h8-11,13H,2-7H2,1H3/t8-,9-,10-,11+/m1/s1. The van der Waals surface area contributed by atoms with Crippen molar-refractivity contribution in [2.24, 2.45) is 11.8 Å². The fraction of sp³-hybridized carbons (Fsp3) is 0.917. The van der Waals surface area contributed by atoms with E-state index in [1.807, 2.05) is 0 Å². The molecule has 2 fully saturated rings. The summed E-state index contributed by atoms with van der Waals surface area (Å²) in [6, 6.07) is 0. The number of hydrogen-bond donors (Lipinski definition) is 1. The zero-order valence-electron chi connectivity index (χ0n) is 9.72. The second-order valence-electron chi connectivity index (χ2n) is 4.74. The highest BCUT2D eigenvalue weighted by Gasteiger charge is 2.50. The number of rotatable bonds is 5. The molecule has 0 aromatic rings. The van der Waals surface area contributed by atoms with E-state index in [1.54, 1.807) is 0 Å². The van der Waals surface area contributed by atoms with E-state index >= 15 is 0 Å². The maximum atomic E-state index is 11.1. The summed E-state index contributed by atoms with van der Waals surface area (Å²) < 4.78 is 11.0.